The van der Waals surface area contributed by atoms with E-state index >= 15 is 0 Å². The summed E-state index contributed by atoms with van der Waals surface area (Å²) in [6.45, 7) is 5.95. The van der Waals surface area contributed by atoms with Crippen molar-refractivity contribution in [3.63, 3.8) is 0 Å². The summed E-state index contributed by atoms with van der Waals surface area (Å²) in [5.41, 5.74) is 5.11. The Hall–Kier alpha value is -1.81. The lowest BCUT2D eigenvalue weighted by atomic mass is 10.0. The first-order valence-electron chi connectivity index (χ1n) is 7.11. The van der Waals surface area contributed by atoms with Crippen molar-refractivity contribution in [2.24, 2.45) is 7.05 Å². The van der Waals surface area contributed by atoms with Crippen molar-refractivity contribution in [3.05, 3.63) is 46.8 Å². The number of fused-ring (bicyclic) bond motifs is 1. The van der Waals surface area contributed by atoms with E-state index in [0.29, 0.717) is 6.04 Å². The molecule has 0 spiro atoms. The summed E-state index contributed by atoms with van der Waals surface area (Å²) < 4.78 is 7.46. The molecule has 1 N–H and O–H groups in total. The summed E-state index contributed by atoms with van der Waals surface area (Å²) >= 11 is 0. The van der Waals surface area contributed by atoms with Crippen molar-refractivity contribution in [2.75, 3.05) is 6.61 Å². The van der Waals surface area contributed by atoms with Gasteiger partial charge in [0.15, 0.2) is 0 Å². The Morgan fingerprint density at radius 1 is 1.45 bits per heavy atom. The van der Waals surface area contributed by atoms with E-state index in [1.165, 1.54) is 22.4 Å². The van der Waals surface area contributed by atoms with Gasteiger partial charge in [0, 0.05) is 37.3 Å². The van der Waals surface area contributed by atoms with Crippen LogP contribution in [-0.4, -0.2) is 16.4 Å². The number of rotatable bonds is 4. The number of hydrogen-bond donors (Lipinski definition) is 1. The number of ether oxygens (including phenoxy) is 1. The summed E-state index contributed by atoms with van der Waals surface area (Å²) in [7, 11) is 1.97. The van der Waals surface area contributed by atoms with E-state index in [-0.39, 0.29) is 0 Å². The van der Waals surface area contributed by atoms with Crippen LogP contribution in [0.3, 0.4) is 0 Å². The Bertz CT molecular complexity index is 618. The van der Waals surface area contributed by atoms with Crippen LogP contribution < -0.4 is 10.1 Å². The Balaban J connectivity index is 1.67. The molecule has 0 saturated carbocycles. The van der Waals surface area contributed by atoms with Gasteiger partial charge in [-0.1, -0.05) is 12.1 Å². The second kappa shape index (κ2) is 5.29. The molecule has 0 fully saturated rings. The van der Waals surface area contributed by atoms with Gasteiger partial charge < -0.3 is 10.1 Å². The van der Waals surface area contributed by atoms with Crippen molar-refractivity contribution in [2.45, 2.75) is 32.9 Å². The number of aryl methyl sites for hydroxylation is 1. The summed E-state index contributed by atoms with van der Waals surface area (Å²) in [6.07, 6.45) is 2.96. The highest BCUT2D eigenvalue weighted by molar-refractivity contribution is 5.40. The summed E-state index contributed by atoms with van der Waals surface area (Å²) in [5.74, 6) is 1.05. The minimum Gasteiger partial charge on any atom is -0.493 e. The maximum Gasteiger partial charge on any atom is 0.122 e. The second-order valence-corrected chi connectivity index (χ2v) is 5.45. The van der Waals surface area contributed by atoms with E-state index in [1.807, 2.05) is 17.9 Å². The van der Waals surface area contributed by atoms with Gasteiger partial charge in [-0.2, -0.15) is 5.10 Å². The van der Waals surface area contributed by atoms with Gasteiger partial charge in [0.25, 0.3) is 0 Å². The van der Waals surface area contributed by atoms with Crippen molar-refractivity contribution >= 4 is 0 Å². The van der Waals surface area contributed by atoms with Crippen molar-refractivity contribution in [1.29, 1.82) is 0 Å². The minimum absolute atomic E-state index is 0.320. The third-order valence-corrected chi connectivity index (χ3v) is 4.15. The van der Waals surface area contributed by atoms with Crippen molar-refractivity contribution < 1.29 is 4.74 Å². The summed E-state index contributed by atoms with van der Waals surface area (Å²) in [6, 6.07) is 6.82. The van der Waals surface area contributed by atoms with Gasteiger partial charge in [0.1, 0.15) is 5.75 Å². The lowest BCUT2D eigenvalue weighted by molar-refractivity contribution is 0.356. The molecule has 3 rings (SSSR count). The smallest absolute Gasteiger partial charge is 0.122 e. The maximum absolute atomic E-state index is 5.55. The third-order valence-electron chi connectivity index (χ3n) is 4.15. The first-order chi connectivity index (χ1) is 9.65. The first kappa shape index (κ1) is 13.2. The SMILES string of the molecule is Cc1c(CNC(C)c2ccc3c(c2)CCO3)cnn1C. The van der Waals surface area contributed by atoms with Crippen molar-refractivity contribution in [3.8, 4) is 5.75 Å². The van der Waals surface area contributed by atoms with E-state index in [0.717, 1.165) is 25.3 Å². The molecule has 1 aliphatic heterocycles. The van der Waals surface area contributed by atoms with E-state index in [9.17, 15) is 0 Å². The van der Waals surface area contributed by atoms with Crippen LogP contribution >= 0.6 is 0 Å². The standard InChI is InChI=1S/C16H21N3O/c1-11(17-9-15-10-18-19(3)12(15)2)13-4-5-16-14(8-13)6-7-20-16/h4-5,8,10-11,17H,6-7,9H2,1-3H3. The molecule has 1 aromatic heterocycles. The Labute approximate surface area is 119 Å². The predicted molar refractivity (Wildman–Crippen MR) is 78.8 cm³/mol. The molecule has 1 aromatic carbocycles. The maximum atomic E-state index is 5.55. The van der Waals surface area contributed by atoms with Crippen LogP contribution in [0.1, 0.15) is 35.3 Å². The molecule has 106 valence electrons. The molecule has 1 atom stereocenters. The van der Waals surface area contributed by atoms with Gasteiger partial charge in [-0.15, -0.1) is 0 Å². The fraction of sp³-hybridized carbons (Fsp3) is 0.438. The summed E-state index contributed by atoms with van der Waals surface area (Å²) in [4.78, 5) is 0. The van der Waals surface area contributed by atoms with Crippen LogP contribution in [0.15, 0.2) is 24.4 Å². The quantitative estimate of drug-likeness (QED) is 0.928. The Morgan fingerprint density at radius 3 is 3.05 bits per heavy atom. The average Bonchev–Trinajstić information content (AvgIpc) is 3.04. The molecule has 4 nitrogen and oxygen atoms in total. The molecule has 1 unspecified atom stereocenters. The van der Waals surface area contributed by atoms with E-state index in [1.54, 1.807) is 0 Å². The Morgan fingerprint density at radius 2 is 2.30 bits per heavy atom. The summed E-state index contributed by atoms with van der Waals surface area (Å²) in [5, 5.41) is 7.84. The van der Waals surface area contributed by atoms with Gasteiger partial charge in [-0.25, -0.2) is 0 Å². The molecule has 2 aromatic rings. The highest BCUT2D eigenvalue weighted by Gasteiger charge is 2.14. The first-order valence-corrected chi connectivity index (χ1v) is 7.11. The number of aromatic nitrogens is 2. The molecule has 1 aliphatic rings. The number of nitrogens with one attached hydrogen (secondary N) is 1. The molecule has 0 bridgehead atoms. The van der Waals surface area contributed by atoms with Crippen molar-refractivity contribution in [1.82, 2.24) is 15.1 Å². The van der Waals surface area contributed by atoms with Gasteiger partial charge in [0.05, 0.1) is 12.8 Å². The van der Waals surface area contributed by atoms with Crippen LogP contribution in [0.2, 0.25) is 0 Å². The van der Waals surface area contributed by atoms with Crippen LogP contribution in [0.25, 0.3) is 0 Å². The molecule has 0 saturated heterocycles. The van der Waals surface area contributed by atoms with Crippen LogP contribution in [0, 0.1) is 6.92 Å². The molecular weight excluding hydrogens is 250 g/mol. The molecule has 2 heterocycles. The highest BCUT2D eigenvalue weighted by atomic mass is 16.5. The topological polar surface area (TPSA) is 39.1 Å². The number of benzene rings is 1. The molecular formula is C16H21N3O. The highest BCUT2D eigenvalue weighted by Crippen LogP contribution is 2.28. The molecule has 0 aliphatic carbocycles. The lowest BCUT2D eigenvalue weighted by Gasteiger charge is -2.15. The van der Waals surface area contributed by atoms with E-state index in [4.69, 9.17) is 4.74 Å². The van der Waals surface area contributed by atoms with Gasteiger partial charge in [-0.3, -0.25) is 4.68 Å². The predicted octanol–water partition coefficient (Wildman–Crippen LogP) is 2.51. The fourth-order valence-electron chi connectivity index (χ4n) is 2.57. The lowest BCUT2D eigenvalue weighted by Crippen LogP contribution is -2.18. The van der Waals surface area contributed by atoms with E-state index < -0.39 is 0 Å². The normalized spacial score (nSPS) is 14.9. The zero-order chi connectivity index (χ0) is 14.1. The second-order valence-electron chi connectivity index (χ2n) is 5.45. The van der Waals surface area contributed by atoms with E-state index in [2.05, 4.69) is 42.5 Å². The number of hydrogen-bond acceptors (Lipinski definition) is 3. The zero-order valence-electron chi connectivity index (χ0n) is 12.3. The van der Waals surface area contributed by atoms with Crippen LogP contribution in [0.4, 0.5) is 0 Å². The average molecular weight is 271 g/mol. The molecule has 0 amide bonds. The minimum atomic E-state index is 0.320. The number of nitrogens with zero attached hydrogens (tertiary/aromatic N) is 2. The van der Waals surface area contributed by atoms with Gasteiger partial charge >= 0.3 is 0 Å². The van der Waals surface area contributed by atoms with Gasteiger partial charge in [-0.05, 0) is 31.0 Å². The monoisotopic (exact) mass is 271 g/mol. The Kier molecular flexibility index (Phi) is 3.49. The third kappa shape index (κ3) is 2.43. The zero-order valence-corrected chi connectivity index (χ0v) is 12.3. The van der Waals surface area contributed by atoms with Crippen LogP contribution in [0.5, 0.6) is 5.75 Å². The van der Waals surface area contributed by atoms with Gasteiger partial charge in [0.2, 0.25) is 0 Å². The molecule has 20 heavy (non-hydrogen) atoms. The fourth-order valence-corrected chi connectivity index (χ4v) is 2.57. The largest absolute Gasteiger partial charge is 0.493 e. The van der Waals surface area contributed by atoms with Crippen LogP contribution in [-0.2, 0) is 20.0 Å². The molecule has 0 radical (unpaired) electrons. The molecule has 4 heteroatoms.